The number of nitrogens with zero attached hydrogens (tertiary/aromatic N) is 2. The van der Waals surface area contributed by atoms with E-state index in [2.05, 4.69) is 15.6 Å². The van der Waals surface area contributed by atoms with Gasteiger partial charge in [-0.1, -0.05) is 32.1 Å². The molecule has 0 aliphatic heterocycles. The maximum atomic E-state index is 12.1. The molecule has 6 nitrogen and oxygen atoms in total. The van der Waals surface area contributed by atoms with Gasteiger partial charge >= 0.3 is 0 Å². The number of hydrogen-bond acceptors (Lipinski definition) is 4. The van der Waals surface area contributed by atoms with Gasteiger partial charge in [0.1, 0.15) is 4.21 Å². The summed E-state index contributed by atoms with van der Waals surface area (Å²) in [4.78, 5) is 5.21. The minimum absolute atomic E-state index is 0.370. The van der Waals surface area contributed by atoms with Crippen molar-refractivity contribution in [3.8, 4) is 0 Å². The van der Waals surface area contributed by atoms with Crippen LogP contribution in [-0.4, -0.2) is 46.4 Å². The molecule has 2 rings (SSSR count). The van der Waals surface area contributed by atoms with E-state index in [1.165, 1.54) is 54.2 Å². The van der Waals surface area contributed by atoms with Crippen LogP contribution in [0.15, 0.2) is 21.3 Å². The zero-order valence-corrected chi connectivity index (χ0v) is 17.8. The van der Waals surface area contributed by atoms with Crippen molar-refractivity contribution in [3.05, 3.63) is 17.0 Å². The Morgan fingerprint density at radius 3 is 2.62 bits per heavy atom. The van der Waals surface area contributed by atoms with Gasteiger partial charge in [0.05, 0.1) is 6.54 Å². The van der Waals surface area contributed by atoms with Gasteiger partial charge in [0.2, 0.25) is 0 Å². The molecule has 1 fully saturated rings. The fourth-order valence-corrected chi connectivity index (χ4v) is 5.70. The third-order valence-electron chi connectivity index (χ3n) is 4.83. The standard InChI is InChI=1S/C18H32N4O2S2/c1-19-18(20-13-7-10-15-8-5-4-6-9-15)21-14-16-11-12-17(25-16)26(23,24)22(2)3/h11-12,15H,4-10,13-14H2,1-3H3,(H2,19,20,21). The highest BCUT2D eigenvalue weighted by Crippen LogP contribution is 2.27. The molecular weight excluding hydrogens is 368 g/mol. The number of guanidine groups is 1. The zero-order chi connectivity index (χ0) is 19.0. The van der Waals surface area contributed by atoms with Crippen LogP contribution in [0.2, 0.25) is 0 Å². The first-order valence-electron chi connectivity index (χ1n) is 9.39. The predicted molar refractivity (Wildman–Crippen MR) is 109 cm³/mol. The molecule has 148 valence electrons. The van der Waals surface area contributed by atoms with Gasteiger partial charge in [-0.05, 0) is 30.9 Å². The molecule has 0 radical (unpaired) electrons. The van der Waals surface area contributed by atoms with E-state index < -0.39 is 10.0 Å². The monoisotopic (exact) mass is 400 g/mol. The molecule has 0 aromatic carbocycles. The number of sulfonamides is 1. The molecule has 0 spiro atoms. The molecule has 26 heavy (non-hydrogen) atoms. The van der Waals surface area contributed by atoms with Gasteiger partial charge in [-0.15, -0.1) is 11.3 Å². The van der Waals surface area contributed by atoms with Crippen LogP contribution < -0.4 is 10.6 Å². The van der Waals surface area contributed by atoms with Gasteiger partial charge < -0.3 is 10.6 Å². The molecule has 0 atom stereocenters. The average molecular weight is 401 g/mol. The SMILES string of the molecule is CN=C(NCCCC1CCCCC1)NCc1ccc(S(=O)(=O)N(C)C)s1. The molecule has 0 saturated heterocycles. The summed E-state index contributed by atoms with van der Waals surface area (Å²) in [5.41, 5.74) is 0. The summed E-state index contributed by atoms with van der Waals surface area (Å²) >= 11 is 1.29. The van der Waals surface area contributed by atoms with Crippen molar-refractivity contribution >= 4 is 27.3 Å². The summed E-state index contributed by atoms with van der Waals surface area (Å²) in [5.74, 6) is 1.67. The Morgan fingerprint density at radius 2 is 1.96 bits per heavy atom. The van der Waals surface area contributed by atoms with Gasteiger partial charge in [0, 0.05) is 32.6 Å². The Balaban J connectivity index is 1.72. The maximum absolute atomic E-state index is 12.1. The van der Waals surface area contributed by atoms with Gasteiger partial charge in [0.25, 0.3) is 10.0 Å². The minimum Gasteiger partial charge on any atom is -0.356 e. The summed E-state index contributed by atoms with van der Waals surface area (Å²) < 4.78 is 25.9. The van der Waals surface area contributed by atoms with E-state index in [1.54, 1.807) is 27.2 Å². The topological polar surface area (TPSA) is 73.8 Å². The van der Waals surface area contributed by atoms with Crippen LogP contribution in [0.5, 0.6) is 0 Å². The van der Waals surface area contributed by atoms with E-state index in [4.69, 9.17) is 0 Å². The Bertz CT molecular complexity index is 677. The van der Waals surface area contributed by atoms with E-state index in [-0.39, 0.29) is 0 Å². The van der Waals surface area contributed by atoms with Crippen molar-refractivity contribution in [1.82, 2.24) is 14.9 Å². The van der Waals surface area contributed by atoms with Gasteiger partial charge in [-0.25, -0.2) is 12.7 Å². The van der Waals surface area contributed by atoms with Crippen molar-refractivity contribution in [1.29, 1.82) is 0 Å². The van der Waals surface area contributed by atoms with Gasteiger partial charge in [0.15, 0.2) is 5.96 Å². The number of rotatable bonds is 8. The molecule has 0 bridgehead atoms. The Kier molecular flexibility index (Phi) is 8.37. The summed E-state index contributed by atoms with van der Waals surface area (Å²) in [7, 11) is 1.50. The highest BCUT2D eigenvalue weighted by Gasteiger charge is 2.19. The van der Waals surface area contributed by atoms with Gasteiger partial charge in [-0.3, -0.25) is 4.99 Å². The Labute approximate surface area is 162 Å². The Hall–Kier alpha value is -1.12. The van der Waals surface area contributed by atoms with Crippen LogP contribution in [0.1, 0.15) is 49.8 Å². The molecule has 0 amide bonds. The third kappa shape index (κ3) is 6.25. The molecule has 1 aromatic heterocycles. The first-order chi connectivity index (χ1) is 12.4. The fourth-order valence-electron chi connectivity index (χ4n) is 3.24. The van der Waals surface area contributed by atoms with E-state index in [1.807, 2.05) is 6.07 Å². The molecular formula is C18H32N4O2S2. The summed E-state index contributed by atoms with van der Waals surface area (Å²) in [6.45, 7) is 1.48. The van der Waals surface area contributed by atoms with Crippen molar-refractivity contribution < 1.29 is 8.42 Å². The second kappa shape index (κ2) is 10.3. The van der Waals surface area contributed by atoms with E-state index in [9.17, 15) is 8.42 Å². The van der Waals surface area contributed by atoms with Crippen LogP contribution in [-0.2, 0) is 16.6 Å². The quantitative estimate of drug-likeness (QED) is 0.400. The second-order valence-corrected chi connectivity index (χ2v) is 10.6. The number of hydrogen-bond donors (Lipinski definition) is 2. The fraction of sp³-hybridized carbons (Fsp3) is 0.722. The van der Waals surface area contributed by atoms with Crippen molar-refractivity contribution in [3.63, 3.8) is 0 Å². The molecule has 1 aliphatic rings. The molecule has 1 aromatic rings. The molecule has 1 heterocycles. The molecule has 8 heteroatoms. The normalized spacial score (nSPS) is 16.8. The summed E-state index contributed by atoms with van der Waals surface area (Å²) in [5, 5.41) is 6.61. The lowest BCUT2D eigenvalue weighted by molar-refractivity contribution is 0.332. The predicted octanol–water partition coefficient (Wildman–Crippen LogP) is 3.02. The summed E-state index contributed by atoms with van der Waals surface area (Å²) in [6, 6.07) is 3.52. The summed E-state index contributed by atoms with van der Waals surface area (Å²) in [6.07, 6.45) is 9.44. The first kappa shape index (κ1) is 21.2. The highest BCUT2D eigenvalue weighted by atomic mass is 32.2. The Morgan fingerprint density at radius 1 is 1.23 bits per heavy atom. The zero-order valence-electron chi connectivity index (χ0n) is 16.1. The van der Waals surface area contributed by atoms with Crippen LogP contribution in [0.3, 0.4) is 0 Å². The minimum atomic E-state index is -3.35. The molecule has 1 aliphatic carbocycles. The number of aliphatic imine (C=N–C) groups is 1. The molecule has 2 N–H and O–H groups in total. The van der Waals surface area contributed by atoms with E-state index in [0.29, 0.717) is 10.8 Å². The van der Waals surface area contributed by atoms with Crippen LogP contribution in [0.25, 0.3) is 0 Å². The highest BCUT2D eigenvalue weighted by molar-refractivity contribution is 7.91. The average Bonchev–Trinajstić information content (AvgIpc) is 3.11. The first-order valence-corrected chi connectivity index (χ1v) is 11.6. The largest absolute Gasteiger partial charge is 0.356 e. The van der Waals surface area contributed by atoms with Crippen molar-refractivity contribution in [2.24, 2.45) is 10.9 Å². The van der Waals surface area contributed by atoms with Crippen LogP contribution in [0, 0.1) is 5.92 Å². The number of thiophene rings is 1. The third-order valence-corrected chi connectivity index (χ3v) is 8.20. The lowest BCUT2D eigenvalue weighted by Gasteiger charge is -2.21. The van der Waals surface area contributed by atoms with E-state index >= 15 is 0 Å². The van der Waals surface area contributed by atoms with Gasteiger partial charge in [-0.2, -0.15) is 0 Å². The molecule has 0 unspecified atom stereocenters. The van der Waals surface area contributed by atoms with Crippen molar-refractivity contribution in [2.45, 2.75) is 55.7 Å². The lowest BCUT2D eigenvalue weighted by Crippen LogP contribution is -2.37. The number of nitrogens with one attached hydrogen (secondary N) is 2. The van der Waals surface area contributed by atoms with Crippen LogP contribution in [0.4, 0.5) is 0 Å². The smallest absolute Gasteiger partial charge is 0.252 e. The maximum Gasteiger partial charge on any atom is 0.252 e. The molecule has 1 saturated carbocycles. The lowest BCUT2D eigenvalue weighted by atomic mass is 9.86. The van der Waals surface area contributed by atoms with Crippen LogP contribution >= 0.6 is 11.3 Å². The second-order valence-electron chi connectivity index (χ2n) is 7.01. The van der Waals surface area contributed by atoms with E-state index in [0.717, 1.165) is 29.7 Å². The van der Waals surface area contributed by atoms with Crippen molar-refractivity contribution in [2.75, 3.05) is 27.7 Å².